The van der Waals surface area contributed by atoms with Crippen LogP contribution >= 0.6 is 35.0 Å². The van der Waals surface area contributed by atoms with Crippen molar-refractivity contribution in [2.75, 3.05) is 6.54 Å². The number of carbonyl (C=O) groups excluding carboxylic acids is 1. The molecular weight excluding hydrogens is 394 g/mol. The fraction of sp³-hybridized carbons (Fsp3) is 0.500. The maximum atomic E-state index is 13.3. The third-order valence-corrected chi connectivity index (χ3v) is 4.52. The van der Waals surface area contributed by atoms with E-state index in [2.05, 4.69) is 22.6 Å². The molecule has 2 unspecified atom stereocenters. The van der Waals surface area contributed by atoms with Gasteiger partial charge in [0.05, 0.1) is 5.56 Å². The monoisotopic (exact) mass is 412 g/mol. The van der Waals surface area contributed by atoms with Crippen LogP contribution < -0.4 is 5.73 Å². The molecule has 1 aliphatic heterocycles. The van der Waals surface area contributed by atoms with E-state index in [9.17, 15) is 9.18 Å². The number of carbonyl (C=O) groups is 1. The van der Waals surface area contributed by atoms with Gasteiger partial charge in [-0.05, 0) is 67.0 Å². The average Bonchev–Trinajstić information content (AvgIpc) is 2.40. The number of hydrogen-bond acceptors (Lipinski definition) is 2. The Morgan fingerprint density at radius 1 is 1.50 bits per heavy atom. The van der Waals surface area contributed by atoms with E-state index in [4.69, 9.17) is 5.73 Å². The zero-order valence-electron chi connectivity index (χ0n) is 11.3. The molecule has 112 valence electrons. The Morgan fingerprint density at radius 2 is 2.20 bits per heavy atom. The van der Waals surface area contributed by atoms with E-state index < -0.39 is 0 Å². The number of amides is 1. The summed E-state index contributed by atoms with van der Waals surface area (Å²) in [5.74, 6) is -0.482. The molecule has 0 radical (unpaired) electrons. The van der Waals surface area contributed by atoms with Crippen LogP contribution in [0.2, 0.25) is 0 Å². The van der Waals surface area contributed by atoms with Gasteiger partial charge in [0.2, 0.25) is 0 Å². The molecule has 2 atom stereocenters. The number of rotatable bonds is 2. The van der Waals surface area contributed by atoms with Crippen molar-refractivity contribution in [3.8, 4) is 0 Å². The molecular formula is C14H19ClFIN2O. The van der Waals surface area contributed by atoms with Crippen molar-refractivity contribution in [3.05, 3.63) is 33.1 Å². The highest BCUT2D eigenvalue weighted by Crippen LogP contribution is 2.23. The Morgan fingerprint density at radius 3 is 2.85 bits per heavy atom. The van der Waals surface area contributed by atoms with E-state index >= 15 is 0 Å². The Hall–Kier alpha value is -0.400. The van der Waals surface area contributed by atoms with Gasteiger partial charge in [-0.15, -0.1) is 12.4 Å². The lowest BCUT2D eigenvalue weighted by atomic mass is 9.96. The maximum absolute atomic E-state index is 13.3. The second-order valence-electron chi connectivity index (χ2n) is 5.04. The highest BCUT2D eigenvalue weighted by atomic mass is 127. The lowest BCUT2D eigenvalue weighted by Gasteiger charge is -2.38. The third kappa shape index (κ3) is 3.83. The predicted octanol–water partition coefficient (Wildman–Crippen LogP) is 3.19. The van der Waals surface area contributed by atoms with E-state index in [1.807, 2.05) is 11.8 Å². The average molecular weight is 413 g/mol. The van der Waals surface area contributed by atoms with E-state index in [1.165, 1.54) is 12.1 Å². The minimum atomic E-state index is -0.377. The second-order valence-corrected chi connectivity index (χ2v) is 6.21. The third-order valence-electron chi connectivity index (χ3n) is 3.58. The molecule has 6 heteroatoms. The van der Waals surface area contributed by atoms with E-state index in [0.717, 1.165) is 22.8 Å². The van der Waals surface area contributed by atoms with Gasteiger partial charge < -0.3 is 10.6 Å². The van der Waals surface area contributed by atoms with Gasteiger partial charge in [-0.3, -0.25) is 4.79 Å². The Kier molecular flexibility index (Phi) is 6.68. The minimum absolute atomic E-state index is 0. The van der Waals surface area contributed by atoms with Crippen LogP contribution in [0, 0.1) is 9.39 Å². The molecule has 0 aromatic heterocycles. The fourth-order valence-electron chi connectivity index (χ4n) is 2.57. The molecule has 0 aliphatic carbocycles. The van der Waals surface area contributed by atoms with Gasteiger partial charge in [0.15, 0.2) is 0 Å². The molecule has 1 aromatic carbocycles. The molecule has 0 bridgehead atoms. The van der Waals surface area contributed by atoms with Gasteiger partial charge >= 0.3 is 0 Å². The Labute approximate surface area is 138 Å². The van der Waals surface area contributed by atoms with E-state index in [-0.39, 0.29) is 36.2 Å². The molecule has 2 N–H and O–H groups in total. The van der Waals surface area contributed by atoms with E-state index in [0.29, 0.717) is 12.1 Å². The summed E-state index contributed by atoms with van der Waals surface area (Å²) >= 11 is 2.07. The highest BCUT2D eigenvalue weighted by Gasteiger charge is 2.30. The van der Waals surface area contributed by atoms with Gasteiger partial charge in [-0.1, -0.05) is 0 Å². The zero-order chi connectivity index (χ0) is 14.0. The molecule has 1 aromatic rings. The zero-order valence-corrected chi connectivity index (χ0v) is 14.3. The lowest BCUT2D eigenvalue weighted by Crippen LogP contribution is -2.51. The molecule has 0 saturated carbocycles. The summed E-state index contributed by atoms with van der Waals surface area (Å²) in [6.07, 6.45) is 3.01. The van der Waals surface area contributed by atoms with E-state index in [1.54, 1.807) is 6.07 Å². The minimum Gasteiger partial charge on any atom is -0.334 e. The molecule has 2 rings (SSSR count). The van der Waals surface area contributed by atoms with Crippen LogP contribution in [-0.4, -0.2) is 29.4 Å². The van der Waals surface area contributed by atoms with Crippen LogP contribution in [0.25, 0.3) is 0 Å². The summed E-state index contributed by atoms with van der Waals surface area (Å²) in [5, 5.41) is 0. The fourth-order valence-corrected chi connectivity index (χ4v) is 3.14. The van der Waals surface area contributed by atoms with Crippen molar-refractivity contribution in [3.63, 3.8) is 0 Å². The largest absolute Gasteiger partial charge is 0.334 e. The molecule has 1 heterocycles. The standard InChI is InChI=1S/C14H18FIN2O.ClH/c1-9(17)13-4-2-3-7-18(13)14(19)11-8-10(15)5-6-12(11)16;/h5-6,8-9,13H,2-4,7,17H2,1H3;1H. The topological polar surface area (TPSA) is 46.3 Å². The Bertz CT molecular complexity index is 484. The summed E-state index contributed by atoms with van der Waals surface area (Å²) in [4.78, 5) is 14.4. The van der Waals surface area contributed by atoms with Crippen LogP contribution in [0.5, 0.6) is 0 Å². The first-order valence-electron chi connectivity index (χ1n) is 6.52. The SMILES string of the molecule is CC(N)C1CCCCN1C(=O)c1cc(F)ccc1I.Cl. The Balaban J connectivity index is 0.00000200. The number of halogens is 3. The quantitative estimate of drug-likeness (QED) is 0.758. The normalized spacial score (nSPS) is 20.2. The number of nitrogens with two attached hydrogens (primary N) is 1. The van der Waals surface area contributed by atoms with Gasteiger partial charge in [-0.25, -0.2) is 4.39 Å². The molecule has 1 aliphatic rings. The lowest BCUT2D eigenvalue weighted by molar-refractivity contribution is 0.0582. The van der Waals surface area contributed by atoms with Crippen LogP contribution in [-0.2, 0) is 0 Å². The number of hydrogen-bond donors (Lipinski definition) is 1. The van der Waals surface area contributed by atoms with Crippen molar-refractivity contribution in [2.24, 2.45) is 5.73 Å². The first-order valence-corrected chi connectivity index (χ1v) is 7.60. The van der Waals surface area contributed by atoms with Gasteiger partial charge in [0.1, 0.15) is 5.82 Å². The number of likely N-dealkylation sites (tertiary alicyclic amines) is 1. The number of benzene rings is 1. The second kappa shape index (κ2) is 7.56. The summed E-state index contributed by atoms with van der Waals surface area (Å²) in [5.41, 5.74) is 6.41. The van der Waals surface area contributed by atoms with Crippen molar-refractivity contribution in [1.29, 1.82) is 0 Å². The van der Waals surface area contributed by atoms with Crippen LogP contribution in [0.15, 0.2) is 18.2 Å². The van der Waals surface area contributed by atoms with Crippen LogP contribution in [0.1, 0.15) is 36.5 Å². The van der Waals surface area contributed by atoms with Crippen LogP contribution in [0.4, 0.5) is 4.39 Å². The van der Waals surface area contributed by atoms with Crippen molar-refractivity contribution in [1.82, 2.24) is 4.90 Å². The highest BCUT2D eigenvalue weighted by molar-refractivity contribution is 14.1. The van der Waals surface area contributed by atoms with Gasteiger partial charge in [0.25, 0.3) is 5.91 Å². The summed E-state index contributed by atoms with van der Waals surface area (Å²) in [7, 11) is 0. The predicted molar refractivity (Wildman–Crippen MR) is 88.7 cm³/mol. The number of piperidine rings is 1. The van der Waals surface area contributed by atoms with Crippen molar-refractivity contribution in [2.45, 2.75) is 38.3 Å². The summed E-state index contributed by atoms with van der Waals surface area (Å²) in [6, 6.07) is 4.32. The van der Waals surface area contributed by atoms with Crippen molar-refractivity contribution < 1.29 is 9.18 Å². The molecule has 1 fully saturated rings. The van der Waals surface area contributed by atoms with Crippen LogP contribution in [0.3, 0.4) is 0 Å². The first kappa shape index (κ1) is 17.7. The molecule has 1 amide bonds. The smallest absolute Gasteiger partial charge is 0.255 e. The summed E-state index contributed by atoms with van der Waals surface area (Å²) < 4.78 is 14.1. The molecule has 3 nitrogen and oxygen atoms in total. The molecule has 0 spiro atoms. The first-order chi connectivity index (χ1) is 9.00. The molecule has 1 saturated heterocycles. The van der Waals surface area contributed by atoms with Crippen molar-refractivity contribution >= 4 is 40.9 Å². The van der Waals surface area contributed by atoms with Gasteiger partial charge in [0, 0.05) is 22.2 Å². The molecule has 20 heavy (non-hydrogen) atoms. The number of nitrogens with zero attached hydrogens (tertiary/aromatic N) is 1. The van der Waals surface area contributed by atoms with Gasteiger partial charge in [-0.2, -0.15) is 0 Å². The maximum Gasteiger partial charge on any atom is 0.255 e. The summed E-state index contributed by atoms with van der Waals surface area (Å²) in [6.45, 7) is 2.63.